The Kier molecular flexibility index (Phi) is 5.30. The highest BCUT2D eigenvalue weighted by Crippen LogP contribution is 2.10. The lowest BCUT2D eigenvalue weighted by Crippen LogP contribution is -2.13. The molecule has 1 aromatic rings. The average Bonchev–Trinajstić information content (AvgIpc) is 2.61. The first-order valence-electron chi connectivity index (χ1n) is 6.05. The molecule has 0 aliphatic carbocycles. The van der Waals surface area contributed by atoms with Crippen molar-refractivity contribution in [2.24, 2.45) is 5.14 Å². The van der Waals surface area contributed by atoms with Gasteiger partial charge in [-0.3, -0.25) is 0 Å². The van der Waals surface area contributed by atoms with Crippen LogP contribution >= 0.6 is 0 Å². The van der Waals surface area contributed by atoms with Crippen molar-refractivity contribution in [3.63, 3.8) is 0 Å². The molecule has 2 N–H and O–H groups in total. The van der Waals surface area contributed by atoms with E-state index in [9.17, 15) is 8.42 Å². The van der Waals surface area contributed by atoms with E-state index in [1.54, 1.807) is 4.57 Å². The summed E-state index contributed by atoms with van der Waals surface area (Å²) in [6.45, 7) is 7.03. The van der Waals surface area contributed by atoms with Gasteiger partial charge >= 0.3 is 0 Å². The van der Waals surface area contributed by atoms with Gasteiger partial charge < -0.3 is 9.30 Å². The number of hydrogen-bond donors (Lipinski definition) is 1. The van der Waals surface area contributed by atoms with E-state index in [4.69, 9.17) is 9.88 Å². The molecule has 0 saturated heterocycles. The van der Waals surface area contributed by atoms with E-state index >= 15 is 0 Å². The van der Waals surface area contributed by atoms with Gasteiger partial charge in [0, 0.05) is 19.2 Å². The van der Waals surface area contributed by atoms with Gasteiger partial charge in [0.2, 0.25) is 0 Å². The molecular weight excluding hydrogens is 254 g/mol. The Hall–Kier alpha value is -0.920. The third kappa shape index (κ3) is 4.40. The molecule has 104 valence electrons. The molecule has 1 rings (SSSR count). The molecule has 6 nitrogen and oxygen atoms in total. The fraction of sp³-hybridized carbons (Fsp3) is 0.727. The van der Waals surface area contributed by atoms with E-state index in [1.165, 1.54) is 6.20 Å². The molecule has 0 unspecified atom stereocenters. The molecule has 0 aliphatic rings. The molecule has 1 aromatic heterocycles. The third-order valence-electron chi connectivity index (χ3n) is 2.39. The van der Waals surface area contributed by atoms with Crippen LogP contribution in [0.2, 0.25) is 0 Å². The summed E-state index contributed by atoms with van der Waals surface area (Å²) in [5, 5.41) is 5.00. The van der Waals surface area contributed by atoms with Crippen LogP contribution in [0.5, 0.6) is 0 Å². The summed E-state index contributed by atoms with van der Waals surface area (Å²) >= 11 is 0. The highest BCUT2D eigenvalue weighted by Gasteiger charge is 2.15. The Morgan fingerprint density at radius 1 is 1.50 bits per heavy atom. The smallest absolute Gasteiger partial charge is 0.257 e. The lowest BCUT2D eigenvalue weighted by molar-refractivity contribution is 0.0723. The minimum atomic E-state index is -3.74. The second-order valence-electron chi connectivity index (χ2n) is 4.40. The van der Waals surface area contributed by atoms with Crippen molar-refractivity contribution < 1.29 is 13.2 Å². The average molecular weight is 275 g/mol. The van der Waals surface area contributed by atoms with Gasteiger partial charge in [0.15, 0.2) is 5.03 Å². The molecule has 0 saturated carbocycles. The predicted octanol–water partition coefficient (Wildman–Crippen LogP) is 0.908. The number of nitrogens with two attached hydrogens (primary N) is 1. The third-order valence-corrected chi connectivity index (χ3v) is 3.17. The van der Waals surface area contributed by atoms with Gasteiger partial charge in [-0.05, 0) is 20.3 Å². The zero-order valence-corrected chi connectivity index (χ0v) is 11.9. The van der Waals surface area contributed by atoms with Crippen LogP contribution in [0.25, 0.3) is 0 Å². The molecule has 0 aliphatic heterocycles. The zero-order valence-electron chi connectivity index (χ0n) is 11.1. The largest absolute Gasteiger partial charge is 0.377 e. The van der Waals surface area contributed by atoms with Gasteiger partial charge in [-0.1, -0.05) is 6.92 Å². The number of primary sulfonamides is 1. The number of nitrogens with zero attached hydrogens (tertiary/aromatic N) is 2. The van der Waals surface area contributed by atoms with Crippen molar-refractivity contribution in [2.75, 3.05) is 6.61 Å². The quantitative estimate of drug-likeness (QED) is 0.801. The van der Waals surface area contributed by atoms with E-state index in [0.29, 0.717) is 13.2 Å². The van der Waals surface area contributed by atoms with Crippen molar-refractivity contribution in [3.05, 3.63) is 12.0 Å². The number of hydrogen-bond acceptors (Lipinski definition) is 4. The standard InChI is InChI=1S/C11H21N3O3S/c1-4-5-10-13-11(18(12,15)16)8-14(10)6-7-17-9(2)3/h8-9H,4-7H2,1-3H3,(H2,12,15,16). The van der Waals surface area contributed by atoms with Gasteiger partial charge in [0.1, 0.15) is 5.82 Å². The van der Waals surface area contributed by atoms with Crippen molar-refractivity contribution in [2.45, 2.75) is 51.3 Å². The molecule has 0 fully saturated rings. The van der Waals surface area contributed by atoms with E-state index in [0.717, 1.165) is 18.7 Å². The number of aromatic nitrogens is 2. The monoisotopic (exact) mass is 275 g/mol. The summed E-state index contributed by atoms with van der Waals surface area (Å²) in [5.74, 6) is 0.730. The number of rotatable bonds is 7. The topological polar surface area (TPSA) is 87.2 Å². The minimum absolute atomic E-state index is 0.0736. The van der Waals surface area contributed by atoms with Crippen LogP contribution < -0.4 is 5.14 Å². The maximum atomic E-state index is 11.3. The van der Waals surface area contributed by atoms with Gasteiger partial charge in [-0.2, -0.15) is 0 Å². The lowest BCUT2D eigenvalue weighted by Gasteiger charge is -2.09. The molecule has 0 aromatic carbocycles. The second-order valence-corrected chi connectivity index (χ2v) is 5.91. The first kappa shape index (κ1) is 15.1. The van der Waals surface area contributed by atoms with Crippen LogP contribution in [0.1, 0.15) is 33.0 Å². The highest BCUT2D eigenvalue weighted by molar-refractivity contribution is 7.89. The van der Waals surface area contributed by atoms with Gasteiger partial charge in [-0.15, -0.1) is 0 Å². The van der Waals surface area contributed by atoms with Crippen LogP contribution in [0, 0.1) is 0 Å². The van der Waals surface area contributed by atoms with Gasteiger partial charge in [0.25, 0.3) is 10.0 Å². The number of aryl methyl sites for hydroxylation is 1. The molecule has 1 heterocycles. The van der Waals surface area contributed by atoms with Crippen LogP contribution in [0.4, 0.5) is 0 Å². The van der Waals surface area contributed by atoms with E-state index in [1.807, 2.05) is 20.8 Å². The minimum Gasteiger partial charge on any atom is -0.377 e. The Labute approximate surface area is 108 Å². The van der Waals surface area contributed by atoms with Crippen molar-refractivity contribution in [1.82, 2.24) is 9.55 Å². The van der Waals surface area contributed by atoms with E-state index < -0.39 is 10.0 Å². The maximum Gasteiger partial charge on any atom is 0.257 e. The first-order valence-corrected chi connectivity index (χ1v) is 7.59. The van der Waals surface area contributed by atoms with Gasteiger partial charge in [-0.25, -0.2) is 18.5 Å². The molecule has 0 amide bonds. The second kappa shape index (κ2) is 6.31. The van der Waals surface area contributed by atoms with Crippen LogP contribution in [-0.4, -0.2) is 30.7 Å². The zero-order chi connectivity index (χ0) is 13.8. The molecule has 0 bridgehead atoms. The van der Waals surface area contributed by atoms with Crippen molar-refractivity contribution >= 4 is 10.0 Å². The van der Waals surface area contributed by atoms with Crippen LogP contribution in [-0.2, 0) is 27.7 Å². The molecular formula is C11H21N3O3S. The molecule has 7 heteroatoms. The Balaban J connectivity index is 2.84. The molecule has 18 heavy (non-hydrogen) atoms. The lowest BCUT2D eigenvalue weighted by atomic mass is 10.3. The fourth-order valence-corrected chi connectivity index (χ4v) is 2.08. The Morgan fingerprint density at radius 2 is 2.17 bits per heavy atom. The maximum absolute atomic E-state index is 11.3. The summed E-state index contributed by atoms with van der Waals surface area (Å²) in [6, 6.07) is 0. The molecule has 0 radical (unpaired) electrons. The molecule has 0 spiro atoms. The predicted molar refractivity (Wildman–Crippen MR) is 68.7 cm³/mol. The Bertz CT molecular complexity index is 480. The van der Waals surface area contributed by atoms with Crippen molar-refractivity contribution in [1.29, 1.82) is 0 Å². The number of ether oxygens (including phenoxy) is 1. The fourth-order valence-electron chi connectivity index (χ4n) is 1.57. The van der Waals surface area contributed by atoms with Crippen molar-refractivity contribution in [3.8, 4) is 0 Å². The summed E-state index contributed by atoms with van der Waals surface area (Å²) in [5.41, 5.74) is 0. The summed E-state index contributed by atoms with van der Waals surface area (Å²) in [6.07, 6.45) is 3.24. The SMILES string of the molecule is CCCc1nc(S(N)(=O)=O)cn1CCOC(C)C. The first-order chi connectivity index (χ1) is 8.34. The van der Waals surface area contributed by atoms with Gasteiger partial charge in [0.05, 0.1) is 12.7 Å². The number of imidazole rings is 1. The summed E-state index contributed by atoms with van der Waals surface area (Å²) < 4.78 is 29.8. The highest BCUT2D eigenvalue weighted by atomic mass is 32.2. The van der Waals surface area contributed by atoms with Crippen LogP contribution in [0.3, 0.4) is 0 Å². The number of sulfonamides is 1. The summed E-state index contributed by atoms with van der Waals surface area (Å²) in [4.78, 5) is 4.06. The Morgan fingerprint density at radius 3 is 2.67 bits per heavy atom. The van der Waals surface area contributed by atoms with Crippen LogP contribution in [0.15, 0.2) is 11.2 Å². The van der Waals surface area contributed by atoms with E-state index in [2.05, 4.69) is 4.98 Å². The molecule has 0 atom stereocenters. The summed E-state index contributed by atoms with van der Waals surface area (Å²) in [7, 11) is -3.74. The normalized spacial score (nSPS) is 12.3. The van der Waals surface area contributed by atoms with E-state index in [-0.39, 0.29) is 11.1 Å².